The van der Waals surface area contributed by atoms with E-state index in [1.807, 2.05) is 6.20 Å². The highest BCUT2D eigenvalue weighted by molar-refractivity contribution is 9.10. The van der Waals surface area contributed by atoms with Crippen molar-refractivity contribution in [3.8, 4) is 11.1 Å². The number of aromatic amines is 1. The molecule has 1 unspecified atom stereocenters. The average Bonchev–Trinajstić information content (AvgIpc) is 3.00. The molecule has 3 rings (SSSR count). The van der Waals surface area contributed by atoms with E-state index in [2.05, 4.69) is 56.6 Å². The zero-order valence-corrected chi connectivity index (χ0v) is 11.9. The van der Waals surface area contributed by atoms with Crippen LogP contribution in [0, 0.1) is 6.92 Å². The van der Waals surface area contributed by atoms with E-state index in [0.717, 1.165) is 11.0 Å². The molecule has 18 heavy (non-hydrogen) atoms. The lowest BCUT2D eigenvalue weighted by atomic mass is 9.98. The summed E-state index contributed by atoms with van der Waals surface area (Å²) in [5.41, 5.74) is 4.96. The number of aromatic nitrogens is 2. The van der Waals surface area contributed by atoms with E-state index in [1.54, 1.807) is 0 Å². The third-order valence-electron chi connectivity index (χ3n) is 3.57. The zero-order valence-electron chi connectivity index (χ0n) is 10.3. The Labute approximate surface area is 115 Å². The molecule has 1 aliphatic rings. The maximum Gasteiger partial charge on any atom is 0.0600 e. The molecule has 94 valence electrons. The topological polar surface area (TPSA) is 40.7 Å². The summed E-state index contributed by atoms with van der Waals surface area (Å²) < 4.78 is 1.11. The van der Waals surface area contributed by atoms with E-state index < -0.39 is 0 Å². The molecule has 4 heteroatoms. The zero-order chi connectivity index (χ0) is 12.5. The number of nitrogens with zero attached hydrogens (tertiary/aromatic N) is 1. The molecular formula is C14H16BrN3. The maximum atomic E-state index is 4.23. The smallest absolute Gasteiger partial charge is 0.0600 e. The van der Waals surface area contributed by atoms with Crippen molar-refractivity contribution < 1.29 is 0 Å². The maximum absolute atomic E-state index is 4.23. The Bertz CT molecular complexity index is 556. The lowest BCUT2D eigenvalue weighted by Crippen LogP contribution is -2.14. The molecule has 1 fully saturated rings. The second-order valence-electron chi connectivity index (χ2n) is 4.81. The molecule has 0 radical (unpaired) electrons. The van der Waals surface area contributed by atoms with Crippen LogP contribution in [0.5, 0.6) is 0 Å². The van der Waals surface area contributed by atoms with Crippen LogP contribution in [0.1, 0.15) is 30.1 Å². The molecule has 1 aromatic carbocycles. The lowest BCUT2D eigenvalue weighted by molar-refractivity contribution is 0.626. The quantitative estimate of drug-likeness (QED) is 0.890. The van der Waals surface area contributed by atoms with Crippen molar-refractivity contribution in [2.45, 2.75) is 25.8 Å². The van der Waals surface area contributed by atoms with Crippen molar-refractivity contribution >= 4 is 15.9 Å². The second-order valence-corrected chi connectivity index (χ2v) is 5.72. The Kier molecular flexibility index (Phi) is 3.22. The standard InChI is InChI=1S/C14H16BrN3/c1-9-4-5-10(15)7-11(9)12-8-17-18-14(12)13-3-2-6-16-13/h4-5,7-8,13,16H,2-3,6H2,1H3,(H,17,18). The fraction of sp³-hybridized carbons (Fsp3) is 0.357. The third-order valence-corrected chi connectivity index (χ3v) is 4.06. The molecule has 0 bridgehead atoms. The summed E-state index contributed by atoms with van der Waals surface area (Å²) in [5, 5.41) is 10.9. The Hall–Kier alpha value is -1.13. The van der Waals surface area contributed by atoms with Crippen LogP contribution in [0.15, 0.2) is 28.9 Å². The molecule has 2 aromatic rings. The van der Waals surface area contributed by atoms with Gasteiger partial charge in [-0.15, -0.1) is 0 Å². The predicted octanol–water partition coefficient (Wildman–Crippen LogP) is 3.57. The number of hydrogen-bond acceptors (Lipinski definition) is 2. The number of hydrogen-bond donors (Lipinski definition) is 2. The van der Waals surface area contributed by atoms with Gasteiger partial charge in [-0.25, -0.2) is 0 Å². The van der Waals surface area contributed by atoms with Gasteiger partial charge < -0.3 is 5.32 Å². The molecular weight excluding hydrogens is 290 g/mol. The highest BCUT2D eigenvalue weighted by atomic mass is 79.9. The lowest BCUT2D eigenvalue weighted by Gasteiger charge is -2.12. The summed E-state index contributed by atoms with van der Waals surface area (Å²) in [5.74, 6) is 0. The molecule has 0 aliphatic carbocycles. The molecule has 1 aromatic heterocycles. The number of benzene rings is 1. The van der Waals surface area contributed by atoms with Crippen LogP contribution in [0.4, 0.5) is 0 Å². The van der Waals surface area contributed by atoms with Gasteiger partial charge in [-0.05, 0) is 49.6 Å². The van der Waals surface area contributed by atoms with E-state index in [-0.39, 0.29) is 0 Å². The molecule has 2 N–H and O–H groups in total. The van der Waals surface area contributed by atoms with E-state index in [1.165, 1.54) is 35.2 Å². The van der Waals surface area contributed by atoms with Crippen LogP contribution in [-0.2, 0) is 0 Å². The fourth-order valence-corrected chi connectivity index (χ4v) is 2.95. The highest BCUT2D eigenvalue weighted by Crippen LogP contribution is 2.33. The van der Waals surface area contributed by atoms with Crippen LogP contribution in [0.3, 0.4) is 0 Å². The average molecular weight is 306 g/mol. The summed E-state index contributed by atoms with van der Waals surface area (Å²) in [6.07, 6.45) is 4.35. The Morgan fingerprint density at radius 3 is 3.00 bits per heavy atom. The molecule has 1 aliphatic heterocycles. The van der Waals surface area contributed by atoms with Crippen LogP contribution in [0.25, 0.3) is 11.1 Å². The van der Waals surface area contributed by atoms with Crippen molar-refractivity contribution in [3.63, 3.8) is 0 Å². The normalized spacial score (nSPS) is 19.3. The van der Waals surface area contributed by atoms with E-state index in [0.29, 0.717) is 6.04 Å². The van der Waals surface area contributed by atoms with Gasteiger partial charge in [0.1, 0.15) is 0 Å². The molecule has 1 saturated heterocycles. The van der Waals surface area contributed by atoms with Crippen LogP contribution in [-0.4, -0.2) is 16.7 Å². The molecule has 1 atom stereocenters. The Morgan fingerprint density at radius 1 is 1.33 bits per heavy atom. The summed E-state index contributed by atoms with van der Waals surface area (Å²) in [6.45, 7) is 3.24. The van der Waals surface area contributed by atoms with Gasteiger partial charge >= 0.3 is 0 Å². The van der Waals surface area contributed by atoms with Gasteiger partial charge in [0.25, 0.3) is 0 Å². The van der Waals surface area contributed by atoms with Crippen LogP contribution < -0.4 is 5.32 Å². The van der Waals surface area contributed by atoms with Crippen LogP contribution in [0.2, 0.25) is 0 Å². The summed E-state index contributed by atoms with van der Waals surface area (Å²) >= 11 is 3.54. The fourth-order valence-electron chi connectivity index (χ4n) is 2.59. The SMILES string of the molecule is Cc1ccc(Br)cc1-c1cn[nH]c1C1CCCN1. The summed E-state index contributed by atoms with van der Waals surface area (Å²) in [7, 11) is 0. The highest BCUT2D eigenvalue weighted by Gasteiger charge is 2.22. The van der Waals surface area contributed by atoms with Crippen molar-refractivity contribution in [1.29, 1.82) is 0 Å². The van der Waals surface area contributed by atoms with Gasteiger partial charge in [0.05, 0.1) is 11.9 Å². The predicted molar refractivity (Wildman–Crippen MR) is 76.4 cm³/mol. The first-order valence-electron chi connectivity index (χ1n) is 6.29. The second kappa shape index (κ2) is 4.86. The Balaban J connectivity index is 2.06. The number of halogens is 1. The van der Waals surface area contributed by atoms with Crippen molar-refractivity contribution in [3.05, 3.63) is 40.1 Å². The number of nitrogens with one attached hydrogen (secondary N) is 2. The van der Waals surface area contributed by atoms with E-state index in [4.69, 9.17) is 0 Å². The number of aryl methyl sites for hydroxylation is 1. The van der Waals surface area contributed by atoms with Crippen molar-refractivity contribution in [2.75, 3.05) is 6.54 Å². The number of rotatable bonds is 2. The molecule has 3 nitrogen and oxygen atoms in total. The van der Waals surface area contributed by atoms with Gasteiger partial charge in [-0.3, -0.25) is 5.10 Å². The minimum Gasteiger partial charge on any atom is -0.309 e. The minimum atomic E-state index is 0.417. The monoisotopic (exact) mass is 305 g/mol. The summed E-state index contributed by atoms with van der Waals surface area (Å²) in [4.78, 5) is 0. The molecule has 2 heterocycles. The Morgan fingerprint density at radius 2 is 2.22 bits per heavy atom. The first kappa shape index (κ1) is 11.9. The van der Waals surface area contributed by atoms with Crippen molar-refractivity contribution in [2.24, 2.45) is 0 Å². The van der Waals surface area contributed by atoms with E-state index >= 15 is 0 Å². The van der Waals surface area contributed by atoms with E-state index in [9.17, 15) is 0 Å². The molecule has 0 amide bonds. The largest absolute Gasteiger partial charge is 0.309 e. The van der Waals surface area contributed by atoms with Gasteiger partial charge in [0, 0.05) is 16.1 Å². The number of H-pyrrole nitrogens is 1. The van der Waals surface area contributed by atoms with Crippen molar-refractivity contribution in [1.82, 2.24) is 15.5 Å². The third kappa shape index (κ3) is 2.10. The molecule has 0 saturated carbocycles. The first-order chi connectivity index (χ1) is 8.75. The van der Waals surface area contributed by atoms with Gasteiger partial charge in [-0.1, -0.05) is 22.0 Å². The first-order valence-corrected chi connectivity index (χ1v) is 7.08. The van der Waals surface area contributed by atoms with Crippen LogP contribution >= 0.6 is 15.9 Å². The summed E-state index contributed by atoms with van der Waals surface area (Å²) in [6, 6.07) is 6.80. The van der Waals surface area contributed by atoms with Gasteiger partial charge in [-0.2, -0.15) is 5.10 Å². The molecule has 0 spiro atoms. The van der Waals surface area contributed by atoms with Gasteiger partial charge in [0.2, 0.25) is 0 Å². The minimum absolute atomic E-state index is 0.417. The van der Waals surface area contributed by atoms with Gasteiger partial charge in [0.15, 0.2) is 0 Å².